The highest BCUT2D eigenvalue weighted by Gasteiger charge is 2.34. The standard InChI is InChI=1S/C16H21ClF3N3/c17-15-2-1-12(9-14(15)16(18,19)20)10-22-6-3-13(11-22)23-7-4-21-5-8-23/h1-2,9,13,21H,3-8,10-11H2. The Kier molecular flexibility index (Phi) is 5.16. The zero-order chi connectivity index (χ0) is 16.4. The second kappa shape index (κ2) is 6.97. The molecule has 128 valence electrons. The molecule has 0 radical (unpaired) electrons. The van der Waals surface area contributed by atoms with Crippen LogP contribution in [0.25, 0.3) is 0 Å². The Morgan fingerprint density at radius 1 is 1.17 bits per heavy atom. The van der Waals surface area contributed by atoms with E-state index in [0.717, 1.165) is 45.7 Å². The van der Waals surface area contributed by atoms with Crippen LogP contribution in [0.5, 0.6) is 0 Å². The first kappa shape index (κ1) is 17.0. The van der Waals surface area contributed by atoms with E-state index >= 15 is 0 Å². The second-order valence-electron chi connectivity index (χ2n) is 6.28. The number of hydrogen-bond donors (Lipinski definition) is 1. The Bertz CT molecular complexity index is 544. The third-order valence-electron chi connectivity index (χ3n) is 4.66. The van der Waals surface area contributed by atoms with Gasteiger partial charge in [0, 0.05) is 51.9 Å². The molecule has 0 bridgehead atoms. The van der Waals surface area contributed by atoms with E-state index in [9.17, 15) is 13.2 Å². The Morgan fingerprint density at radius 2 is 1.91 bits per heavy atom. The number of hydrogen-bond acceptors (Lipinski definition) is 3. The monoisotopic (exact) mass is 347 g/mol. The quantitative estimate of drug-likeness (QED) is 0.907. The van der Waals surface area contributed by atoms with Crippen molar-refractivity contribution in [2.45, 2.75) is 25.2 Å². The zero-order valence-corrected chi connectivity index (χ0v) is 13.6. The maximum atomic E-state index is 12.9. The highest BCUT2D eigenvalue weighted by molar-refractivity contribution is 6.31. The van der Waals surface area contributed by atoms with E-state index in [1.807, 2.05) is 0 Å². The lowest BCUT2D eigenvalue weighted by Gasteiger charge is -2.32. The first-order valence-corrected chi connectivity index (χ1v) is 8.34. The molecule has 0 saturated carbocycles. The Labute approximate surface area is 139 Å². The van der Waals surface area contributed by atoms with Crippen LogP contribution in [-0.2, 0) is 12.7 Å². The van der Waals surface area contributed by atoms with Crippen LogP contribution in [0.1, 0.15) is 17.5 Å². The lowest BCUT2D eigenvalue weighted by atomic mass is 10.1. The maximum Gasteiger partial charge on any atom is 0.417 e. The maximum absolute atomic E-state index is 12.9. The van der Waals surface area contributed by atoms with E-state index in [1.54, 1.807) is 6.07 Å². The second-order valence-corrected chi connectivity index (χ2v) is 6.68. The molecule has 0 spiro atoms. The number of halogens is 4. The van der Waals surface area contributed by atoms with Gasteiger partial charge in [0.15, 0.2) is 0 Å². The fraction of sp³-hybridized carbons (Fsp3) is 0.625. The van der Waals surface area contributed by atoms with Gasteiger partial charge in [0.1, 0.15) is 0 Å². The van der Waals surface area contributed by atoms with Crippen molar-refractivity contribution < 1.29 is 13.2 Å². The average Bonchev–Trinajstić information content (AvgIpc) is 2.97. The molecule has 2 saturated heterocycles. The van der Waals surface area contributed by atoms with Gasteiger partial charge in [-0.05, 0) is 24.1 Å². The summed E-state index contributed by atoms with van der Waals surface area (Å²) in [5, 5.41) is 3.11. The predicted molar refractivity (Wildman–Crippen MR) is 84.6 cm³/mol. The number of rotatable bonds is 3. The van der Waals surface area contributed by atoms with Crippen LogP contribution < -0.4 is 5.32 Å². The SMILES string of the molecule is FC(F)(F)c1cc(CN2CCC(N3CCNCC3)C2)ccc1Cl. The van der Waals surface area contributed by atoms with Crippen molar-refractivity contribution in [3.63, 3.8) is 0 Å². The van der Waals surface area contributed by atoms with E-state index in [2.05, 4.69) is 15.1 Å². The van der Waals surface area contributed by atoms with Crippen LogP contribution in [0.15, 0.2) is 18.2 Å². The summed E-state index contributed by atoms with van der Waals surface area (Å²) in [6.45, 7) is 6.53. The van der Waals surface area contributed by atoms with Crippen LogP contribution in [0.3, 0.4) is 0 Å². The van der Waals surface area contributed by atoms with Crippen molar-refractivity contribution in [2.24, 2.45) is 0 Å². The molecule has 1 aromatic carbocycles. The Morgan fingerprint density at radius 3 is 2.61 bits per heavy atom. The molecule has 1 aromatic rings. The van der Waals surface area contributed by atoms with E-state index in [-0.39, 0.29) is 5.02 Å². The smallest absolute Gasteiger partial charge is 0.314 e. The number of piperazine rings is 1. The Balaban J connectivity index is 1.62. The fourth-order valence-electron chi connectivity index (χ4n) is 3.45. The number of benzene rings is 1. The fourth-order valence-corrected chi connectivity index (χ4v) is 3.67. The molecule has 1 N–H and O–H groups in total. The molecule has 0 aliphatic carbocycles. The zero-order valence-electron chi connectivity index (χ0n) is 12.9. The van der Waals surface area contributed by atoms with Crippen LogP contribution in [0, 0.1) is 0 Å². The van der Waals surface area contributed by atoms with Crippen LogP contribution in [0.4, 0.5) is 13.2 Å². The van der Waals surface area contributed by atoms with Gasteiger partial charge < -0.3 is 5.32 Å². The first-order valence-electron chi connectivity index (χ1n) is 7.96. The van der Waals surface area contributed by atoms with E-state index in [0.29, 0.717) is 18.2 Å². The molecule has 0 aromatic heterocycles. The molecule has 1 atom stereocenters. The summed E-state index contributed by atoms with van der Waals surface area (Å²) in [6, 6.07) is 4.74. The predicted octanol–water partition coefficient (Wildman–Crippen LogP) is 2.84. The van der Waals surface area contributed by atoms with Crippen molar-refractivity contribution in [2.75, 3.05) is 39.3 Å². The molecule has 2 fully saturated rings. The highest BCUT2D eigenvalue weighted by Crippen LogP contribution is 2.35. The highest BCUT2D eigenvalue weighted by atomic mass is 35.5. The van der Waals surface area contributed by atoms with Crippen molar-refractivity contribution in [1.29, 1.82) is 0 Å². The Hall–Kier alpha value is -0.820. The molecular weight excluding hydrogens is 327 g/mol. The normalized spacial score (nSPS) is 24.3. The van der Waals surface area contributed by atoms with Crippen LogP contribution >= 0.6 is 11.6 Å². The largest absolute Gasteiger partial charge is 0.417 e. The summed E-state index contributed by atoms with van der Waals surface area (Å²) in [7, 11) is 0. The van der Waals surface area contributed by atoms with E-state index in [1.165, 1.54) is 12.1 Å². The van der Waals surface area contributed by atoms with Crippen LogP contribution in [-0.4, -0.2) is 55.1 Å². The summed E-state index contributed by atoms with van der Waals surface area (Å²) in [4.78, 5) is 4.72. The molecule has 0 amide bonds. The van der Waals surface area contributed by atoms with Gasteiger partial charge in [-0.25, -0.2) is 0 Å². The minimum absolute atomic E-state index is 0.235. The van der Waals surface area contributed by atoms with E-state index in [4.69, 9.17) is 11.6 Å². The molecule has 1 unspecified atom stereocenters. The third kappa shape index (κ3) is 4.18. The number of likely N-dealkylation sites (tertiary alicyclic amines) is 1. The molecule has 3 rings (SSSR count). The van der Waals surface area contributed by atoms with Gasteiger partial charge in [0.05, 0.1) is 10.6 Å². The molecule has 2 aliphatic rings. The third-order valence-corrected chi connectivity index (χ3v) is 4.99. The summed E-state index contributed by atoms with van der Waals surface area (Å²) >= 11 is 5.68. The minimum atomic E-state index is -4.40. The number of alkyl halides is 3. The molecule has 7 heteroatoms. The van der Waals surface area contributed by atoms with E-state index < -0.39 is 11.7 Å². The van der Waals surface area contributed by atoms with Gasteiger partial charge in [0.2, 0.25) is 0 Å². The van der Waals surface area contributed by atoms with Crippen molar-refractivity contribution >= 4 is 11.6 Å². The van der Waals surface area contributed by atoms with Crippen molar-refractivity contribution in [3.8, 4) is 0 Å². The molecule has 2 aliphatic heterocycles. The van der Waals surface area contributed by atoms with Gasteiger partial charge in [-0.1, -0.05) is 17.7 Å². The molecule has 3 nitrogen and oxygen atoms in total. The average molecular weight is 348 g/mol. The van der Waals surface area contributed by atoms with Crippen LogP contribution in [0.2, 0.25) is 5.02 Å². The minimum Gasteiger partial charge on any atom is -0.314 e. The molecular formula is C16H21ClF3N3. The van der Waals surface area contributed by atoms with Gasteiger partial charge in [-0.3, -0.25) is 9.80 Å². The topological polar surface area (TPSA) is 18.5 Å². The summed E-state index contributed by atoms with van der Waals surface area (Å²) in [6.07, 6.45) is -3.32. The van der Waals surface area contributed by atoms with Gasteiger partial charge in [0.25, 0.3) is 0 Å². The summed E-state index contributed by atoms with van der Waals surface area (Å²) in [5.74, 6) is 0. The van der Waals surface area contributed by atoms with Gasteiger partial charge >= 0.3 is 6.18 Å². The molecule has 2 heterocycles. The first-order chi connectivity index (χ1) is 10.9. The molecule has 23 heavy (non-hydrogen) atoms. The lowest BCUT2D eigenvalue weighted by molar-refractivity contribution is -0.137. The van der Waals surface area contributed by atoms with Crippen molar-refractivity contribution in [3.05, 3.63) is 34.3 Å². The number of nitrogens with zero attached hydrogens (tertiary/aromatic N) is 2. The lowest BCUT2D eigenvalue weighted by Crippen LogP contribution is -2.49. The van der Waals surface area contributed by atoms with Gasteiger partial charge in [-0.15, -0.1) is 0 Å². The van der Waals surface area contributed by atoms with Crippen molar-refractivity contribution in [1.82, 2.24) is 15.1 Å². The summed E-state index contributed by atoms with van der Waals surface area (Å²) in [5.41, 5.74) is -0.0720. The van der Waals surface area contributed by atoms with Gasteiger partial charge in [-0.2, -0.15) is 13.2 Å². The summed E-state index contributed by atoms with van der Waals surface area (Å²) < 4.78 is 38.8. The number of nitrogens with one attached hydrogen (secondary N) is 1.